The first-order valence-electron chi connectivity index (χ1n) is 7.69. The highest BCUT2D eigenvalue weighted by atomic mass is 16.1. The van der Waals surface area contributed by atoms with Crippen LogP contribution < -0.4 is 0 Å². The number of aldehydes is 1. The molecule has 0 radical (unpaired) electrons. The van der Waals surface area contributed by atoms with E-state index in [4.69, 9.17) is 0 Å². The molecule has 0 amide bonds. The molecule has 104 valence electrons. The van der Waals surface area contributed by atoms with Gasteiger partial charge in [-0.05, 0) is 31.1 Å². The van der Waals surface area contributed by atoms with Crippen LogP contribution in [-0.2, 0) is 9.59 Å². The lowest BCUT2D eigenvalue weighted by Gasteiger charge is -2.35. The molecule has 2 heteroatoms. The predicted octanol–water partition coefficient (Wildman–Crippen LogP) is 4.17. The van der Waals surface area contributed by atoms with Gasteiger partial charge in [-0.25, -0.2) is 0 Å². The maximum Gasteiger partial charge on any atom is 0.136 e. The summed E-state index contributed by atoms with van der Waals surface area (Å²) < 4.78 is 0. The summed E-state index contributed by atoms with van der Waals surface area (Å²) in [4.78, 5) is 22.7. The van der Waals surface area contributed by atoms with Crippen LogP contribution in [0.5, 0.6) is 0 Å². The van der Waals surface area contributed by atoms with Gasteiger partial charge in [0.15, 0.2) is 0 Å². The van der Waals surface area contributed by atoms with Crippen molar-refractivity contribution in [2.75, 3.05) is 0 Å². The lowest BCUT2D eigenvalue weighted by Crippen LogP contribution is -2.33. The Labute approximate surface area is 112 Å². The molecule has 1 fully saturated rings. The van der Waals surface area contributed by atoms with Gasteiger partial charge in [-0.3, -0.25) is 4.79 Å². The van der Waals surface area contributed by atoms with E-state index in [1.54, 1.807) is 0 Å². The van der Waals surface area contributed by atoms with Gasteiger partial charge >= 0.3 is 0 Å². The first kappa shape index (κ1) is 15.4. The van der Waals surface area contributed by atoms with E-state index in [1.165, 1.54) is 32.1 Å². The van der Waals surface area contributed by atoms with Crippen molar-refractivity contribution in [3.05, 3.63) is 0 Å². The smallest absolute Gasteiger partial charge is 0.136 e. The zero-order chi connectivity index (χ0) is 13.4. The maximum atomic E-state index is 12.3. The molecular weight excluding hydrogens is 224 g/mol. The molecule has 0 aromatic rings. The normalized spacial score (nSPS) is 28.3. The summed E-state index contributed by atoms with van der Waals surface area (Å²) >= 11 is 0. The first-order valence-corrected chi connectivity index (χ1v) is 7.69. The molecule has 2 nitrogen and oxygen atoms in total. The minimum atomic E-state index is 0.317. The first-order chi connectivity index (χ1) is 8.72. The molecule has 1 aliphatic carbocycles. The summed E-state index contributed by atoms with van der Waals surface area (Å²) in [6.07, 6.45) is 10.2. The van der Waals surface area contributed by atoms with Crippen molar-refractivity contribution in [3.63, 3.8) is 0 Å². The molecule has 0 N–H and O–H groups in total. The minimum absolute atomic E-state index is 0.317. The molecule has 0 saturated heterocycles. The topological polar surface area (TPSA) is 34.1 Å². The third-order valence-corrected chi connectivity index (χ3v) is 4.33. The number of hydrogen-bond acceptors (Lipinski definition) is 2. The van der Waals surface area contributed by atoms with Crippen LogP contribution in [0.15, 0.2) is 0 Å². The molecular formula is C16H28O2. The molecule has 3 atom stereocenters. The fraction of sp³-hybridized carbons (Fsp3) is 0.875. The second kappa shape index (κ2) is 8.44. The van der Waals surface area contributed by atoms with E-state index in [0.717, 1.165) is 25.5 Å². The summed E-state index contributed by atoms with van der Waals surface area (Å²) in [5, 5.41) is 0. The van der Waals surface area contributed by atoms with Crippen LogP contribution in [0.3, 0.4) is 0 Å². The average Bonchev–Trinajstić information content (AvgIpc) is 2.36. The minimum Gasteiger partial charge on any atom is -0.303 e. The van der Waals surface area contributed by atoms with Gasteiger partial charge in [0.1, 0.15) is 12.1 Å². The molecule has 0 heterocycles. The second-order valence-corrected chi connectivity index (χ2v) is 5.81. The van der Waals surface area contributed by atoms with Gasteiger partial charge in [-0.2, -0.15) is 0 Å². The van der Waals surface area contributed by atoms with Gasteiger partial charge in [0, 0.05) is 18.8 Å². The fourth-order valence-corrected chi connectivity index (χ4v) is 3.41. The van der Waals surface area contributed by atoms with Crippen LogP contribution in [0.4, 0.5) is 0 Å². The zero-order valence-electron chi connectivity index (χ0n) is 12.0. The van der Waals surface area contributed by atoms with Crippen molar-refractivity contribution in [3.8, 4) is 0 Å². The number of Topliss-reactive ketones (excluding diaryl/α,β-unsaturated/α-hetero) is 1. The van der Waals surface area contributed by atoms with Crippen LogP contribution in [0, 0.1) is 17.8 Å². The summed E-state index contributed by atoms with van der Waals surface area (Å²) in [6.45, 7) is 4.39. The van der Waals surface area contributed by atoms with E-state index in [9.17, 15) is 9.59 Å². The Balaban J connectivity index is 2.57. The Bertz CT molecular complexity index is 260. The monoisotopic (exact) mass is 252 g/mol. The number of rotatable bonds is 8. The maximum absolute atomic E-state index is 12.3. The van der Waals surface area contributed by atoms with Gasteiger partial charge < -0.3 is 4.79 Å². The van der Waals surface area contributed by atoms with E-state index < -0.39 is 0 Å². The Morgan fingerprint density at radius 2 is 1.94 bits per heavy atom. The van der Waals surface area contributed by atoms with Crippen LogP contribution in [-0.4, -0.2) is 12.1 Å². The van der Waals surface area contributed by atoms with Crippen molar-refractivity contribution in [1.82, 2.24) is 0 Å². The quantitative estimate of drug-likeness (QED) is 0.608. The van der Waals surface area contributed by atoms with E-state index in [1.807, 2.05) is 0 Å². The summed E-state index contributed by atoms with van der Waals surface area (Å²) in [5.41, 5.74) is 0. The largest absolute Gasteiger partial charge is 0.303 e. The highest BCUT2D eigenvalue weighted by Gasteiger charge is 2.35. The molecule has 1 unspecified atom stereocenters. The lowest BCUT2D eigenvalue weighted by molar-refractivity contribution is -0.129. The van der Waals surface area contributed by atoms with Crippen molar-refractivity contribution in [1.29, 1.82) is 0 Å². The Morgan fingerprint density at radius 3 is 2.56 bits per heavy atom. The van der Waals surface area contributed by atoms with Crippen molar-refractivity contribution >= 4 is 12.1 Å². The SMILES string of the molecule is CCCCC1C(=O)C[C@@H](CCC=O)C[C@H]1CCC. The number of ketones is 1. The lowest BCUT2D eigenvalue weighted by atomic mass is 9.69. The molecule has 0 aromatic carbocycles. The number of carbonyl (C=O) groups is 2. The van der Waals surface area contributed by atoms with Crippen molar-refractivity contribution < 1.29 is 9.59 Å². The molecule has 1 aliphatic rings. The summed E-state index contributed by atoms with van der Waals surface area (Å²) in [6, 6.07) is 0. The molecule has 0 spiro atoms. The van der Waals surface area contributed by atoms with Gasteiger partial charge in [0.25, 0.3) is 0 Å². The fourth-order valence-electron chi connectivity index (χ4n) is 3.41. The second-order valence-electron chi connectivity index (χ2n) is 5.81. The Morgan fingerprint density at radius 1 is 1.17 bits per heavy atom. The molecule has 1 saturated carbocycles. The predicted molar refractivity (Wildman–Crippen MR) is 74.4 cm³/mol. The van der Waals surface area contributed by atoms with Crippen molar-refractivity contribution in [2.45, 2.75) is 71.6 Å². The van der Waals surface area contributed by atoms with Crippen molar-refractivity contribution in [2.24, 2.45) is 17.8 Å². The van der Waals surface area contributed by atoms with Crippen LogP contribution >= 0.6 is 0 Å². The number of unbranched alkanes of at least 4 members (excludes halogenated alkanes) is 1. The number of hydrogen-bond donors (Lipinski definition) is 0. The average molecular weight is 252 g/mol. The van der Waals surface area contributed by atoms with Gasteiger partial charge in [-0.1, -0.05) is 39.5 Å². The van der Waals surface area contributed by atoms with E-state index in [-0.39, 0.29) is 0 Å². The zero-order valence-corrected chi connectivity index (χ0v) is 12.0. The van der Waals surface area contributed by atoms with E-state index >= 15 is 0 Å². The molecule has 0 aromatic heterocycles. The van der Waals surface area contributed by atoms with Crippen LogP contribution in [0.2, 0.25) is 0 Å². The highest BCUT2D eigenvalue weighted by molar-refractivity contribution is 5.82. The summed E-state index contributed by atoms with van der Waals surface area (Å²) in [5.74, 6) is 1.85. The van der Waals surface area contributed by atoms with Gasteiger partial charge in [0.05, 0.1) is 0 Å². The van der Waals surface area contributed by atoms with Crippen LogP contribution in [0.1, 0.15) is 71.6 Å². The molecule has 18 heavy (non-hydrogen) atoms. The Kier molecular flexibility index (Phi) is 7.22. The highest BCUT2D eigenvalue weighted by Crippen LogP contribution is 2.38. The standard InChI is InChI=1S/C16H28O2/c1-3-5-9-15-14(7-4-2)11-13(8-6-10-17)12-16(15)18/h10,13-15H,3-9,11-12H2,1-2H3/t13-,14+,15?/m0/s1. The third-order valence-electron chi connectivity index (χ3n) is 4.33. The Hall–Kier alpha value is -0.660. The molecule has 0 bridgehead atoms. The van der Waals surface area contributed by atoms with E-state index in [2.05, 4.69) is 13.8 Å². The number of carbonyl (C=O) groups excluding carboxylic acids is 2. The third kappa shape index (κ3) is 4.55. The van der Waals surface area contributed by atoms with Gasteiger partial charge in [0.2, 0.25) is 0 Å². The summed E-state index contributed by atoms with van der Waals surface area (Å²) in [7, 11) is 0. The van der Waals surface area contributed by atoms with E-state index in [0.29, 0.717) is 30.0 Å². The molecule has 1 rings (SSSR count). The van der Waals surface area contributed by atoms with Gasteiger partial charge in [-0.15, -0.1) is 0 Å². The molecule has 0 aliphatic heterocycles. The van der Waals surface area contributed by atoms with Crippen LogP contribution in [0.25, 0.3) is 0 Å².